The Labute approximate surface area is 353 Å². The topological polar surface area (TPSA) is 115 Å². The monoisotopic (exact) mass is 842 g/mol. The highest BCUT2D eigenvalue weighted by Gasteiger charge is 2.68. The number of rotatable bonds is 8. The molecule has 2 N–H and O–H groups in total. The summed E-state index contributed by atoms with van der Waals surface area (Å²) in [7, 11) is 0. The summed E-state index contributed by atoms with van der Waals surface area (Å²) in [5, 5.41) is 19.7. The number of nitrogens with zero attached hydrogens (tertiary/aromatic N) is 2. The molecule has 6 aromatic carbocycles. The SMILES string of the molecule is O=C(O)c1cccc(CN2C(=O)[C@@]3(C[C@H]3c3ccc(Cl)cc3)c3cc(F)ccc32)c1.O=C(O)c1cccc(CN2C(=O)[C@]3(C[C@@H]3c3ccc(Cl)cc3)c3cc(F)ccc32)c1. The lowest BCUT2D eigenvalue weighted by atomic mass is 9.92. The van der Waals surface area contributed by atoms with Crippen LogP contribution in [0.3, 0.4) is 0 Å². The molecule has 0 radical (unpaired) electrons. The van der Waals surface area contributed by atoms with Crippen LogP contribution >= 0.6 is 23.2 Å². The summed E-state index contributed by atoms with van der Waals surface area (Å²) in [6.45, 7) is 0.460. The lowest BCUT2D eigenvalue weighted by Gasteiger charge is -2.19. The first-order valence-electron chi connectivity index (χ1n) is 19.2. The minimum Gasteiger partial charge on any atom is -0.478 e. The van der Waals surface area contributed by atoms with Gasteiger partial charge in [0.15, 0.2) is 0 Å². The van der Waals surface area contributed by atoms with Crippen LogP contribution in [0.1, 0.15) is 78.8 Å². The molecule has 2 fully saturated rings. The van der Waals surface area contributed by atoms with E-state index in [1.807, 2.05) is 24.3 Å². The number of hydrogen-bond donors (Lipinski definition) is 2. The quantitative estimate of drug-likeness (QED) is 0.158. The van der Waals surface area contributed by atoms with Gasteiger partial charge in [0.05, 0.1) is 35.0 Å². The van der Waals surface area contributed by atoms with E-state index < -0.39 is 22.8 Å². The van der Waals surface area contributed by atoms with Gasteiger partial charge >= 0.3 is 11.9 Å². The number of benzene rings is 6. The maximum absolute atomic E-state index is 14.1. The number of carbonyl (C=O) groups excluding carboxylic acids is 2. The van der Waals surface area contributed by atoms with Crippen molar-refractivity contribution in [1.82, 2.24) is 0 Å². The molecule has 12 heteroatoms. The van der Waals surface area contributed by atoms with Gasteiger partial charge in [0.1, 0.15) is 11.6 Å². The van der Waals surface area contributed by atoms with E-state index in [-0.39, 0.29) is 59.5 Å². The molecule has 2 spiro atoms. The van der Waals surface area contributed by atoms with Gasteiger partial charge in [0, 0.05) is 33.3 Å². The number of halogens is 4. The van der Waals surface area contributed by atoms with E-state index in [1.54, 1.807) is 82.6 Å². The van der Waals surface area contributed by atoms with Crippen molar-refractivity contribution in [3.05, 3.63) is 200 Å². The lowest BCUT2D eigenvalue weighted by Crippen LogP contribution is -2.32. The van der Waals surface area contributed by atoms with Gasteiger partial charge in [-0.1, -0.05) is 71.7 Å². The van der Waals surface area contributed by atoms with Crippen molar-refractivity contribution >= 4 is 58.3 Å². The number of fused-ring (bicyclic) bond motifs is 4. The second kappa shape index (κ2) is 14.7. The van der Waals surface area contributed by atoms with E-state index in [0.29, 0.717) is 56.5 Å². The Kier molecular flexibility index (Phi) is 9.60. The van der Waals surface area contributed by atoms with E-state index in [0.717, 1.165) is 11.1 Å². The number of carbonyl (C=O) groups is 4. The Morgan fingerprint density at radius 1 is 0.567 bits per heavy atom. The zero-order valence-corrected chi connectivity index (χ0v) is 33.1. The van der Waals surface area contributed by atoms with E-state index in [9.17, 15) is 38.2 Å². The highest BCUT2D eigenvalue weighted by Crippen LogP contribution is 2.67. The van der Waals surface area contributed by atoms with E-state index in [1.165, 1.54) is 36.4 Å². The second-order valence-corrected chi connectivity index (χ2v) is 16.5. The molecule has 0 aromatic heterocycles. The summed E-state index contributed by atoms with van der Waals surface area (Å²) in [5.41, 5.74) is 4.93. The first-order valence-corrected chi connectivity index (χ1v) is 19.9. The molecule has 4 atom stereocenters. The third kappa shape index (κ3) is 6.60. The maximum atomic E-state index is 14.1. The molecule has 2 aliphatic heterocycles. The normalized spacial score (nSPS) is 21.7. The third-order valence-electron chi connectivity index (χ3n) is 12.2. The van der Waals surface area contributed by atoms with Crippen molar-refractivity contribution in [3.8, 4) is 0 Å². The summed E-state index contributed by atoms with van der Waals surface area (Å²) < 4.78 is 28.3. The summed E-state index contributed by atoms with van der Waals surface area (Å²) in [4.78, 5) is 53.1. The summed E-state index contributed by atoms with van der Waals surface area (Å²) >= 11 is 12.0. The molecule has 0 unspecified atom stereocenters. The predicted molar refractivity (Wildman–Crippen MR) is 223 cm³/mol. The molecule has 2 heterocycles. The molecule has 2 amide bonds. The Morgan fingerprint density at radius 2 is 0.950 bits per heavy atom. The van der Waals surface area contributed by atoms with Crippen LogP contribution in [0.2, 0.25) is 10.0 Å². The average Bonchev–Trinajstić information content (AvgIpc) is 4.15. The number of hydrogen-bond acceptors (Lipinski definition) is 4. The maximum Gasteiger partial charge on any atom is 0.335 e. The van der Waals surface area contributed by atoms with Gasteiger partial charge < -0.3 is 20.0 Å². The van der Waals surface area contributed by atoms with Crippen LogP contribution in [0, 0.1) is 11.6 Å². The Balaban J connectivity index is 0.000000154. The summed E-state index contributed by atoms with van der Waals surface area (Å²) in [6, 6.07) is 36.8. The fraction of sp³-hybridized carbons (Fsp3) is 0.167. The molecule has 2 saturated carbocycles. The second-order valence-electron chi connectivity index (χ2n) is 15.7. The molecular formula is C48H34Cl2F2N2O6. The van der Waals surface area contributed by atoms with E-state index in [4.69, 9.17) is 23.2 Å². The zero-order valence-electron chi connectivity index (χ0n) is 31.6. The van der Waals surface area contributed by atoms with E-state index >= 15 is 0 Å². The first-order chi connectivity index (χ1) is 28.8. The summed E-state index contributed by atoms with van der Waals surface area (Å²) in [6.07, 6.45) is 1.21. The van der Waals surface area contributed by atoms with Crippen molar-refractivity contribution in [2.45, 2.75) is 48.6 Å². The van der Waals surface area contributed by atoms with Gasteiger partial charge in [-0.3, -0.25) is 9.59 Å². The van der Waals surface area contributed by atoms with Crippen molar-refractivity contribution in [2.75, 3.05) is 9.80 Å². The van der Waals surface area contributed by atoms with Crippen LogP contribution in [0.25, 0.3) is 0 Å². The molecule has 4 aliphatic rings. The van der Waals surface area contributed by atoms with Crippen molar-refractivity contribution in [1.29, 1.82) is 0 Å². The molecule has 8 nitrogen and oxygen atoms in total. The Morgan fingerprint density at radius 3 is 1.32 bits per heavy atom. The molecule has 2 aliphatic carbocycles. The minimum absolute atomic E-state index is 0.0434. The lowest BCUT2D eigenvalue weighted by molar-refractivity contribution is -0.121. The number of amides is 2. The minimum atomic E-state index is -1.02. The Hall–Kier alpha value is -6.36. The largest absolute Gasteiger partial charge is 0.478 e. The fourth-order valence-electron chi connectivity index (χ4n) is 9.21. The fourth-order valence-corrected chi connectivity index (χ4v) is 9.46. The molecule has 60 heavy (non-hydrogen) atoms. The van der Waals surface area contributed by atoms with Crippen LogP contribution in [0.4, 0.5) is 20.2 Å². The van der Waals surface area contributed by atoms with Crippen LogP contribution in [0.5, 0.6) is 0 Å². The molecule has 0 saturated heterocycles. The number of aromatic carboxylic acids is 2. The highest BCUT2D eigenvalue weighted by molar-refractivity contribution is 6.30. The van der Waals surface area contributed by atoms with Crippen LogP contribution in [-0.2, 0) is 33.5 Å². The number of carboxylic acids is 2. The highest BCUT2D eigenvalue weighted by atomic mass is 35.5. The van der Waals surface area contributed by atoms with Gasteiger partial charge in [-0.05, 0) is 131 Å². The molecule has 10 rings (SSSR count). The van der Waals surface area contributed by atoms with Crippen LogP contribution in [-0.4, -0.2) is 34.0 Å². The Bertz CT molecular complexity index is 2580. The molecule has 300 valence electrons. The zero-order chi connectivity index (χ0) is 42.1. The average molecular weight is 844 g/mol. The van der Waals surface area contributed by atoms with E-state index in [2.05, 4.69) is 0 Å². The third-order valence-corrected chi connectivity index (χ3v) is 12.7. The van der Waals surface area contributed by atoms with Gasteiger partial charge in [-0.2, -0.15) is 0 Å². The van der Waals surface area contributed by atoms with Gasteiger partial charge in [-0.15, -0.1) is 0 Å². The van der Waals surface area contributed by atoms with Crippen LogP contribution < -0.4 is 9.80 Å². The molecule has 0 bridgehead atoms. The smallest absolute Gasteiger partial charge is 0.335 e. The summed E-state index contributed by atoms with van der Waals surface area (Å²) in [5.74, 6) is -3.04. The number of anilines is 2. The predicted octanol–water partition coefficient (Wildman–Crippen LogP) is 10.3. The molecule has 6 aromatic rings. The molecular weight excluding hydrogens is 809 g/mol. The van der Waals surface area contributed by atoms with Crippen molar-refractivity contribution < 1.29 is 38.2 Å². The number of carboxylic acid groups (broad SMARTS) is 2. The van der Waals surface area contributed by atoms with Gasteiger partial charge in [-0.25, -0.2) is 18.4 Å². The standard InChI is InChI=1S/2C24H17ClFNO3/c2*25-17-6-4-15(5-7-17)20-12-24(20)19-11-18(26)8-9-21(19)27(23(24)30)13-14-2-1-3-16(10-14)22(28)29/h2*1-11,20H,12-13H2,(H,28,29)/t2*20-,24-/m10/s1. The van der Waals surface area contributed by atoms with Crippen molar-refractivity contribution in [3.63, 3.8) is 0 Å². The van der Waals surface area contributed by atoms with Crippen LogP contribution in [0.15, 0.2) is 133 Å². The van der Waals surface area contributed by atoms with Gasteiger partial charge in [0.25, 0.3) is 0 Å². The van der Waals surface area contributed by atoms with Crippen molar-refractivity contribution in [2.24, 2.45) is 0 Å². The first kappa shape index (κ1) is 39.1. The van der Waals surface area contributed by atoms with Gasteiger partial charge in [0.2, 0.25) is 11.8 Å².